The molecule has 14 heteroatoms. The van der Waals surface area contributed by atoms with Crippen LogP contribution in [0.15, 0.2) is 30.5 Å². The number of methoxy groups -OCH3 is 1. The third-order valence-electron chi connectivity index (χ3n) is 3.16. The van der Waals surface area contributed by atoms with Gasteiger partial charge in [0, 0.05) is 23.7 Å². The Balaban J connectivity index is 0.000000653. The Morgan fingerprint density at radius 2 is 1.69 bits per heavy atom. The van der Waals surface area contributed by atoms with Crippen molar-refractivity contribution in [1.82, 2.24) is 4.98 Å². The highest BCUT2D eigenvalue weighted by Gasteiger charge is 2.08. The highest BCUT2D eigenvalue weighted by Crippen LogP contribution is 2.28. The molecular formula is C15H27N3O9P2. The van der Waals surface area contributed by atoms with Crippen LogP contribution in [0, 0.1) is 0 Å². The summed E-state index contributed by atoms with van der Waals surface area (Å²) in [5.74, 6) is 0.842. The van der Waals surface area contributed by atoms with Gasteiger partial charge in [-0.15, -0.1) is 0 Å². The second-order valence-corrected chi connectivity index (χ2v) is 7.81. The maximum absolute atomic E-state index is 8.88. The van der Waals surface area contributed by atoms with Gasteiger partial charge in [0.15, 0.2) is 0 Å². The summed E-state index contributed by atoms with van der Waals surface area (Å²) in [7, 11) is -7.60. The lowest BCUT2D eigenvalue weighted by Crippen LogP contribution is -2.17. The normalized spacial score (nSPS) is 12.2. The first-order valence-electron chi connectivity index (χ1n) is 8.20. The average Bonchev–Trinajstić information content (AvgIpc) is 2.57. The van der Waals surface area contributed by atoms with E-state index in [0.717, 1.165) is 41.7 Å². The zero-order chi connectivity index (χ0) is 22.7. The lowest BCUT2D eigenvalue weighted by Gasteiger charge is -2.17. The Bertz CT molecular complexity index is 804. The van der Waals surface area contributed by atoms with Crippen LogP contribution in [-0.4, -0.2) is 54.0 Å². The van der Waals surface area contributed by atoms with Gasteiger partial charge in [-0.2, -0.15) is 0 Å². The zero-order valence-corrected chi connectivity index (χ0v) is 17.7. The molecule has 2 aromatic rings. The smallest absolute Gasteiger partial charge is 0.466 e. The topological polar surface area (TPSA) is 216 Å². The highest BCUT2D eigenvalue weighted by molar-refractivity contribution is 7.45. The largest absolute Gasteiger partial charge is 0.497 e. The molecule has 0 saturated carbocycles. The molecule has 9 N–H and O–H groups in total. The van der Waals surface area contributed by atoms with Gasteiger partial charge in [0.2, 0.25) is 0 Å². The van der Waals surface area contributed by atoms with Crippen molar-refractivity contribution >= 4 is 32.2 Å². The van der Waals surface area contributed by atoms with Crippen LogP contribution in [0.25, 0.3) is 10.9 Å². The van der Waals surface area contributed by atoms with E-state index < -0.39 is 15.6 Å². The van der Waals surface area contributed by atoms with E-state index in [1.165, 1.54) is 0 Å². The standard InChI is InChI=1S/C15H21N3O.2H3O4P/c1-11(5-3-7-16)18-14-10-13(19-2)9-12-6-4-8-17-15(12)14;2*1-5(2,3)4/h4,6,8-11,18H,3,5,7,16H2,1-2H3;2*(H3,1,2,3,4)/t11-;;/m0../s1. The fourth-order valence-electron chi connectivity index (χ4n) is 2.15. The van der Waals surface area contributed by atoms with Crippen LogP contribution in [0.1, 0.15) is 19.8 Å². The maximum atomic E-state index is 8.88. The number of hydrogen-bond donors (Lipinski definition) is 8. The molecule has 1 heterocycles. The first-order chi connectivity index (χ1) is 13.2. The van der Waals surface area contributed by atoms with Gasteiger partial charge >= 0.3 is 15.6 Å². The lowest BCUT2D eigenvalue weighted by atomic mass is 10.1. The first kappa shape index (κ1) is 27.4. The van der Waals surface area contributed by atoms with Crippen molar-refractivity contribution in [3.8, 4) is 5.75 Å². The minimum Gasteiger partial charge on any atom is -0.497 e. The van der Waals surface area contributed by atoms with Crippen molar-refractivity contribution in [2.75, 3.05) is 19.0 Å². The summed E-state index contributed by atoms with van der Waals surface area (Å²) in [6, 6.07) is 8.33. The number of anilines is 1. The molecule has 166 valence electrons. The summed E-state index contributed by atoms with van der Waals surface area (Å²) >= 11 is 0. The monoisotopic (exact) mass is 455 g/mol. The Kier molecular flexibility index (Phi) is 12.2. The fourth-order valence-corrected chi connectivity index (χ4v) is 2.15. The average molecular weight is 455 g/mol. The second kappa shape index (κ2) is 12.9. The molecule has 12 nitrogen and oxygen atoms in total. The van der Waals surface area contributed by atoms with Gasteiger partial charge < -0.3 is 45.1 Å². The van der Waals surface area contributed by atoms with Crippen molar-refractivity contribution in [2.24, 2.45) is 5.73 Å². The SMILES string of the molecule is COc1cc(N[C@@H](C)CCCN)c2ncccc2c1.O=P(O)(O)O.O=P(O)(O)O. The number of hydrogen-bond acceptors (Lipinski definition) is 6. The summed E-state index contributed by atoms with van der Waals surface area (Å²) in [4.78, 5) is 47.6. The van der Waals surface area contributed by atoms with E-state index in [0.29, 0.717) is 6.04 Å². The van der Waals surface area contributed by atoms with E-state index in [9.17, 15) is 0 Å². The third-order valence-corrected chi connectivity index (χ3v) is 3.16. The van der Waals surface area contributed by atoms with Gasteiger partial charge in [0.25, 0.3) is 0 Å². The quantitative estimate of drug-likeness (QED) is 0.285. The van der Waals surface area contributed by atoms with Crippen LogP contribution < -0.4 is 15.8 Å². The molecular weight excluding hydrogens is 428 g/mol. The summed E-state index contributed by atoms with van der Waals surface area (Å²) in [5.41, 5.74) is 7.53. The summed E-state index contributed by atoms with van der Waals surface area (Å²) < 4.78 is 23.1. The lowest BCUT2D eigenvalue weighted by molar-refractivity contribution is 0.272. The number of ether oxygens (including phenoxy) is 1. The Morgan fingerprint density at radius 3 is 2.17 bits per heavy atom. The summed E-state index contributed by atoms with van der Waals surface area (Å²) in [6.45, 7) is 2.88. The van der Waals surface area contributed by atoms with E-state index in [1.54, 1.807) is 7.11 Å². The number of nitrogens with two attached hydrogens (primary N) is 1. The Hall–Kier alpha value is -1.59. The molecule has 0 spiro atoms. The molecule has 0 aliphatic heterocycles. The predicted octanol–water partition coefficient (Wildman–Crippen LogP) is 0.926. The van der Waals surface area contributed by atoms with Crippen LogP contribution in [-0.2, 0) is 9.13 Å². The number of rotatable bonds is 6. The molecule has 0 saturated heterocycles. The number of fused-ring (bicyclic) bond motifs is 1. The van der Waals surface area contributed by atoms with Crippen LogP contribution in [0.2, 0.25) is 0 Å². The third kappa shape index (κ3) is 16.0. The molecule has 0 aliphatic carbocycles. The molecule has 0 unspecified atom stereocenters. The first-order valence-corrected chi connectivity index (χ1v) is 11.3. The number of pyridine rings is 1. The summed E-state index contributed by atoms with van der Waals surface area (Å²) in [5, 5.41) is 4.58. The number of nitrogens with zero attached hydrogens (tertiary/aromatic N) is 1. The second-order valence-electron chi connectivity index (χ2n) is 5.75. The van der Waals surface area contributed by atoms with Gasteiger partial charge in [-0.25, -0.2) is 9.13 Å². The number of benzene rings is 1. The van der Waals surface area contributed by atoms with Gasteiger partial charge in [-0.3, -0.25) is 4.98 Å². The zero-order valence-electron chi connectivity index (χ0n) is 15.9. The molecule has 2 rings (SSSR count). The van der Waals surface area contributed by atoms with Crippen molar-refractivity contribution in [2.45, 2.75) is 25.8 Å². The molecule has 0 aliphatic rings. The fraction of sp³-hybridized carbons (Fsp3) is 0.400. The van der Waals surface area contributed by atoms with Gasteiger partial charge in [-0.05, 0) is 38.4 Å². The van der Waals surface area contributed by atoms with Crippen molar-refractivity contribution in [3.63, 3.8) is 0 Å². The van der Waals surface area contributed by atoms with Crippen molar-refractivity contribution < 1.29 is 43.2 Å². The molecule has 1 atom stereocenters. The highest BCUT2D eigenvalue weighted by atomic mass is 31.2. The van der Waals surface area contributed by atoms with E-state index in [1.807, 2.05) is 30.5 Å². The van der Waals surface area contributed by atoms with Crippen LogP contribution in [0.4, 0.5) is 5.69 Å². The van der Waals surface area contributed by atoms with Crippen molar-refractivity contribution in [3.05, 3.63) is 30.5 Å². The predicted molar refractivity (Wildman–Crippen MR) is 108 cm³/mol. The van der Waals surface area contributed by atoms with E-state index in [2.05, 4.69) is 17.2 Å². The van der Waals surface area contributed by atoms with E-state index in [4.69, 9.17) is 49.0 Å². The number of phosphoric acid groups is 2. The molecule has 29 heavy (non-hydrogen) atoms. The van der Waals surface area contributed by atoms with Gasteiger partial charge in [-0.1, -0.05) is 6.07 Å². The molecule has 0 fully saturated rings. The molecule has 0 radical (unpaired) electrons. The Morgan fingerprint density at radius 1 is 1.14 bits per heavy atom. The summed E-state index contributed by atoms with van der Waals surface area (Å²) in [6.07, 6.45) is 3.87. The molecule has 1 aromatic heterocycles. The Labute approximate surface area is 167 Å². The molecule has 0 amide bonds. The van der Waals surface area contributed by atoms with Gasteiger partial charge in [0.1, 0.15) is 5.75 Å². The molecule has 1 aromatic carbocycles. The van der Waals surface area contributed by atoms with Crippen LogP contribution >= 0.6 is 15.6 Å². The van der Waals surface area contributed by atoms with E-state index >= 15 is 0 Å². The minimum absolute atomic E-state index is 0.362. The van der Waals surface area contributed by atoms with E-state index in [-0.39, 0.29) is 0 Å². The number of aromatic nitrogens is 1. The van der Waals surface area contributed by atoms with Crippen LogP contribution in [0.5, 0.6) is 5.75 Å². The minimum atomic E-state index is -4.64. The van der Waals surface area contributed by atoms with Crippen molar-refractivity contribution in [1.29, 1.82) is 0 Å². The molecule has 0 bridgehead atoms. The maximum Gasteiger partial charge on any atom is 0.466 e. The number of nitrogens with one attached hydrogen (secondary N) is 1. The van der Waals surface area contributed by atoms with Gasteiger partial charge in [0.05, 0.1) is 18.3 Å². The van der Waals surface area contributed by atoms with Crippen LogP contribution in [0.3, 0.4) is 0 Å².